The summed E-state index contributed by atoms with van der Waals surface area (Å²) in [5.74, 6) is 2.05. The quantitative estimate of drug-likeness (QED) is 0.619. The van der Waals surface area contributed by atoms with Crippen molar-refractivity contribution in [1.29, 1.82) is 0 Å². The van der Waals surface area contributed by atoms with Crippen LogP contribution in [0.1, 0.15) is 0 Å². The number of hydrogen-bond acceptors (Lipinski definition) is 4. The molecule has 0 saturated carbocycles. The molecule has 0 aliphatic carbocycles. The molecule has 3 nitrogen and oxygen atoms in total. The molecular formula is C5H13ClN2OS. The van der Waals surface area contributed by atoms with Gasteiger partial charge in [0.1, 0.15) is 6.23 Å². The number of halogens is 1. The summed E-state index contributed by atoms with van der Waals surface area (Å²) in [6, 6.07) is 0. The molecule has 0 amide bonds. The Kier molecular flexibility index (Phi) is 5.48. The van der Waals surface area contributed by atoms with Crippen molar-refractivity contribution in [1.82, 2.24) is 4.90 Å². The van der Waals surface area contributed by atoms with Crippen LogP contribution in [0.5, 0.6) is 0 Å². The molecule has 3 N–H and O–H groups in total. The second kappa shape index (κ2) is 5.21. The minimum atomic E-state index is -0.417. The Morgan fingerprint density at radius 2 is 2.40 bits per heavy atom. The molecule has 0 bridgehead atoms. The van der Waals surface area contributed by atoms with Crippen molar-refractivity contribution in [2.24, 2.45) is 5.73 Å². The summed E-state index contributed by atoms with van der Waals surface area (Å²) in [5, 5.41) is 9.15. The van der Waals surface area contributed by atoms with Crippen LogP contribution in [0.2, 0.25) is 0 Å². The summed E-state index contributed by atoms with van der Waals surface area (Å²) >= 11 is 1.84. The molecule has 0 aromatic heterocycles. The molecule has 0 radical (unpaired) electrons. The molecular weight excluding hydrogens is 172 g/mol. The van der Waals surface area contributed by atoms with Crippen molar-refractivity contribution < 1.29 is 5.11 Å². The van der Waals surface area contributed by atoms with Crippen molar-refractivity contribution in [3.63, 3.8) is 0 Å². The smallest absolute Gasteiger partial charge is 0.120 e. The molecule has 1 heterocycles. The summed E-state index contributed by atoms with van der Waals surface area (Å²) in [4.78, 5) is 1.98. The topological polar surface area (TPSA) is 49.5 Å². The predicted octanol–water partition coefficient (Wildman–Crippen LogP) is -0.308. The van der Waals surface area contributed by atoms with Crippen molar-refractivity contribution in [3.8, 4) is 0 Å². The highest BCUT2D eigenvalue weighted by molar-refractivity contribution is 7.99. The molecule has 0 aromatic rings. The monoisotopic (exact) mass is 184 g/mol. The van der Waals surface area contributed by atoms with Crippen LogP contribution < -0.4 is 5.73 Å². The van der Waals surface area contributed by atoms with Crippen molar-refractivity contribution in [2.45, 2.75) is 6.23 Å². The van der Waals surface area contributed by atoms with Crippen LogP contribution >= 0.6 is 24.2 Å². The fraction of sp³-hybridized carbons (Fsp3) is 1.00. The molecule has 1 saturated heterocycles. The van der Waals surface area contributed by atoms with Crippen LogP contribution in [-0.2, 0) is 0 Å². The Labute approximate surface area is 71.4 Å². The minimum Gasteiger partial charge on any atom is -0.377 e. The molecule has 5 heteroatoms. The average molecular weight is 185 g/mol. The molecule has 0 aromatic carbocycles. The maximum atomic E-state index is 9.15. The third-order valence-electron chi connectivity index (χ3n) is 1.41. The highest BCUT2D eigenvalue weighted by Gasteiger charge is 2.17. The van der Waals surface area contributed by atoms with E-state index in [1.165, 1.54) is 0 Å². The van der Waals surface area contributed by atoms with E-state index in [0.717, 1.165) is 18.2 Å². The number of thioether (sulfide) groups is 1. The predicted molar refractivity (Wildman–Crippen MR) is 46.3 cm³/mol. The molecule has 1 aliphatic heterocycles. The molecule has 1 rings (SSSR count). The first-order chi connectivity index (χ1) is 4.34. The zero-order valence-corrected chi connectivity index (χ0v) is 7.33. The Balaban J connectivity index is 0.000000810. The first kappa shape index (κ1) is 10.5. The van der Waals surface area contributed by atoms with Gasteiger partial charge < -0.3 is 10.8 Å². The van der Waals surface area contributed by atoms with Crippen molar-refractivity contribution >= 4 is 24.2 Å². The fourth-order valence-corrected chi connectivity index (χ4v) is 1.84. The summed E-state index contributed by atoms with van der Waals surface area (Å²) < 4.78 is 0. The van der Waals surface area contributed by atoms with Gasteiger partial charge in [0, 0.05) is 24.7 Å². The summed E-state index contributed by atoms with van der Waals surface area (Å²) in [6.45, 7) is 1.32. The van der Waals surface area contributed by atoms with E-state index in [9.17, 15) is 0 Å². The lowest BCUT2D eigenvalue weighted by atomic mass is 10.5. The van der Waals surface area contributed by atoms with E-state index < -0.39 is 6.23 Å². The average Bonchev–Trinajstić information content (AvgIpc) is 2.37. The van der Waals surface area contributed by atoms with Gasteiger partial charge in [0.05, 0.1) is 0 Å². The molecule has 1 aliphatic rings. The van der Waals surface area contributed by atoms with E-state index in [-0.39, 0.29) is 12.4 Å². The minimum absolute atomic E-state index is 0. The first-order valence-corrected chi connectivity index (χ1v) is 4.20. The van der Waals surface area contributed by atoms with Gasteiger partial charge in [0.15, 0.2) is 0 Å². The lowest BCUT2D eigenvalue weighted by molar-refractivity contribution is 0.0339. The Morgan fingerprint density at radius 3 is 2.80 bits per heavy atom. The Morgan fingerprint density at radius 1 is 1.70 bits per heavy atom. The van der Waals surface area contributed by atoms with Crippen LogP contribution in [0, 0.1) is 0 Å². The number of aliphatic hydroxyl groups excluding tert-OH is 1. The largest absolute Gasteiger partial charge is 0.377 e. The van der Waals surface area contributed by atoms with Crippen LogP contribution in [0.25, 0.3) is 0 Å². The molecule has 1 unspecified atom stereocenters. The van der Waals surface area contributed by atoms with Gasteiger partial charge >= 0.3 is 0 Å². The maximum Gasteiger partial charge on any atom is 0.120 e. The SMILES string of the molecule is Cl.NCC(O)N1CCSC1. The van der Waals surface area contributed by atoms with Gasteiger partial charge in [-0.1, -0.05) is 0 Å². The van der Waals surface area contributed by atoms with E-state index >= 15 is 0 Å². The van der Waals surface area contributed by atoms with Gasteiger partial charge in [0.25, 0.3) is 0 Å². The van der Waals surface area contributed by atoms with Gasteiger partial charge in [-0.25, -0.2) is 0 Å². The standard InChI is InChI=1S/C5H12N2OS.ClH/c6-3-5(8)7-1-2-9-4-7;/h5,8H,1-4,6H2;1H. The van der Waals surface area contributed by atoms with Crippen LogP contribution in [0.4, 0.5) is 0 Å². The highest BCUT2D eigenvalue weighted by Crippen LogP contribution is 2.14. The second-order valence-electron chi connectivity index (χ2n) is 2.07. The molecule has 10 heavy (non-hydrogen) atoms. The normalized spacial score (nSPS) is 22.2. The van der Waals surface area contributed by atoms with Gasteiger partial charge in [0.2, 0.25) is 0 Å². The van der Waals surface area contributed by atoms with Gasteiger partial charge in [-0.2, -0.15) is 0 Å². The van der Waals surface area contributed by atoms with E-state index in [1.54, 1.807) is 0 Å². The van der Waals surface area contributed by atoms with Crippen molar-refractivity contribution in [2.75, 3.05) is 24.7 Å². The van der Waals surface area contributed by atoms with Crippen LogP contribution in [0.15, 0.2) is 0 Å². The number of nitrogens with two attached hydrogens (primary N) is 1. The lowest BCUT2D eigenvalue weighted by Gasteiger charge is -2.19. The fourth-order valence-electron chi connectivity index (χ4n) is 0.812. The van der Waals surface area contributed by atoms with E-state index in [0.29, 0.717) is 6.54 Å². The lowest BCUT2D eigenvalue weighted by Crippen LogP contribution is -2.38. The number of rotatable bonds is 2. The van der Waals surface area contributed by atoms with E-state index in [2.05, 4.69) is 0 Å². The highest BCUT2D eigenvalue weighted by atomic mass is 35.5. The summed E-state index contributed by atoms with van der Waals surface area (Å²) in [6.07, 6.45) is -0.417. The second-order valence-corrected chi connectivity index (χ2v) is 3.14. The maximum absolute atomic E-state index is 9.15. The Bertz CT molecular complexity index is 89.7. The van der Waals surface area contributed by atoms with Gasteiger partial charge in [-0.15, -0.1) is 24.2 Å². The third-order valence-corrected chi connectivity index (χ3v) is 2.40. The third kappa shape index (κ3) is 2.64. The molecule has 1 atom stereocenters. The molecule has 62 valence electrons. The van der Waals surface area contributed by atoms with Crippen LogP contribution in [-0.4, -0.2) is 41.0 Å². The van der Waals surface area contributed by atoms with E-state index in [1.807, 2.05) is 16.7 Å². The zero-order chi connectivity index (χ0) is 6.69. The van der Waals surface area contributed by atoms with Gasteiger partial charge in [-0.3, -0.25) is 4.90 Å². The number of nitrogens with zero attached hydrogens (tertiary/aromatic N) is 1. The number of hydrogen-bond donors (Lipinski definition) is 2. The molecule has 0 spiro atoms. The number of aliphatic hydroxyl groups is 1. The zero-order valence-electron chi connectivity index (χ0n) is 5.69. The van der Waals surface area contributed by atoms with Crippen molar-refractivity contribution in [3.05, 3.63) is 0 Å². The van der Waals surface area contributed by atoms with Gasteiger partial charge in [-0.05, 0) is 0 Å². The van der Waals surface area contributed by atoms with E-state index in [4.69, 9.17) is 10.8 Å². The van der Waals surface area contributed by atoms with Crippen LogP contribution in [0.3, 0.4) is 0 Å². The first-order valence-electron chi connectivity index (χ1n) is 3.04. The summed E-state index contributed by atoms with van der Waals surface area (Å²) in [7, 11) is 0. The Hall–Kier alpha value is 0.520. The summed E-state index contributed by atoms with van der Waals surface area (Å²) in [5.41, 5.74) is 5.25. The molecule has 1 fully saturated rings.